The number of hydrogen-bond acceptors (Lipinski definition) is 6. The maximum Gasteiger partial charge on any atom is 0.239 e. The van der Waals surface area contributed by atoms with Crippen molar-refractivity contribution in [3.63, 3.8) is 0 Å². The van der Waals surface area contributed by atoms with Gasteiger partial charge in [0.25, 0.3) is 0 Å². The molecule has 2 aromatic rings. The van der Waals surface area contributed by atoms with Crippen molar-refractivity contribution < 1.29 is 9.53 Å². The van der Waals surface area contributed by atoms with Crippen molar-refractivity contribution in [3.8, 4) is 5.75 Å². The van der Waals surface area contributed by atoms with Crippen LogP contribution in [-0.2, 0) is 4.79 Å². The average molecular weight is 369 g/mol. The maximum absolute atomic E-state index is 12.7. The zero-order chi connectivity index (χ0) is 18.8. The van der Waals surface area contributed by atoms with Crippen LogP contribution in [0.25, 0.3) is 10.9 Å². The number of anilines is 1. The van der Waals surface area contributed by atoms with Gasteiger partial charge in [0.2, 0.25) is 5.91 Å². The van der Waals surface area contributed by atoms with Crippen LogP contribution in [0.5, 0.6) is 5.75 Å². The van der Waals surface area contributed by atoms with Gasteiger partial charge in [-0.05, 0) is 31.9 Å². The fourth-order valence-corrected chi connectivity index (χ4v) is 4.15. The van der Waals surface area contributed by atoms with Crippen LogP contribution in [0.4, 0.5) is 5.82 Å². The second kappa shape index (κ2) is 7.68. The summed E-state index contributed by atoms with van der Waals surface area (Å²) in [6, 6.07) is 5.82. The summed E-state index contributed by atoms with van der Waals surface area (Å²) in [5.41, 5.74) is 0.888. The summed E-state index contributed by atoms with van der Waals surface area (Å²) in [4.78, 5) is 28.2. The third-order valence-corrected chi connectivity index (χ3v) is 5.76. The molecular weight excluding hydrogens is 342 g/mol. The highest BCUT2D eigenvalue weighted by atomic mass is 16.5. The van der Waals surface area contributed by atoms with E-state index in [2.05, 4.69) is 19.8 Å². The third kappa shape index (κ3) is 3.43. The number of carbonyl (C=O) groups excluding carboxylic acids is 1. The van der Waals surface area contributed by atoms with Crippen LogP contribution >= 0.6 is 0 Å². The second-order valence-electron chi connectivity index (χ2n) is 7.28. The molecule has 2 aliphatic heterocycles. The molecule has 0 N–H and O–H groups in total. The number of methoxy groups -OCH3 is 1. The molecule has 1 aromatic carbocycles. The van der Waals surface area contributed by atoms with Crippen LogP contribution in [-0.4, -0.2) is 78.1 Å². The van der Waals surface area contributed by atoms with Crippen molar-refractivity contribution in [2.24, 2.45) is 0 Å². The number of aromatic nitrogens is 2. The van der Waals surface area contributed by atoms with Crippen LogP contribution < -0.4 is 9.64 Å². The van der Waals surface area contributed by atoms with Crippen molar-refractivity contribution in [3.05, 3.63) is 24.5 Å². The Balaban J connectivity index is 1.48. The average Bonchev–Trinajstić information content (AvgIpc) is 3.27. The standard InChI is InChI=1S/C20H27N5O2/c1-15(20(26)25-8-3-4-9-25)23-10-12-24(13-11-23)19-18-16(21-14-22-19)6-5-7-17(18)27-2/h5-7,14-15H,3-4,8-13H2,1-2H3. The van der Waals surface area contributed by atoms with E-state index in [1.165, 1.54) is 0 Å². The Kier molecular flexibility index (Phi) is 5.11. The summed E-state index contributed by atoms with van der Waals surface area (Å²) in [7, 11) is 1.68. The van der Waals surface area contributed by atoms with E-state index in [9.17, 15) is 4.79 Å². The first-order valence-corrected chi connectivity index (χ1v) is 9.74. The highest BCUT2D eigenvalue weighted by Crippen LogP contribution is 2.32. The number of amides is 1. The molecule has 27 heavy (non-hydrogen) atoms. The number of ether oxygens (including phenoxy) is 1. The molecule has 2 fully saturated rings. The minimum Gasteiger partial charge on any atom is -0.496 e. The summed E-state index contributed by atoms with van der Waals surface area (Å²) >= 11 is 0. The summed E-state index contributed by atoms with van der Waals surface area (Å²) in [6.45, 7) is 7.23. The van der Waals surface area contributed by atoms with Crippen molar-refractivity contribution in [2.75, 3.05) is 51.3 Å². The molecule has 7 nitrogen and oxygen atoms in total. The molecule has 0 saturated carbocycles. The predicted molar refractivity (Wildman–Crippen MR) is 105 cm³/mol. The van der Waals surface area contributed by atoms with E-state index in [1.54, 1.807) is 13.4 Å². The number of fused-ring (bicyclic) bond motifs is 1. The van der Waals surface area contributed by atoms with Crippen LogP contribution in [0.3, 0.4) is 0 Å². The number of benzene rings is 1. The van der Waals surface area contributed by atoms with Crippen molar-refractivity contribution >= 4 is 22.6 Å². The summed E-state index contributed by atoms with van der Waals surface area (Å²) in [5.74, 6) is 1.98. The molecule has 4 rings (SSSR count). The van der Waals surface area contributed by atoms with Gasteiger partial charge < -0.3 is 14.5 Å². The number of likely N-dealkylation sites (tertiary alicyclic amines) is 1. The van der Waals surface area contributed by atoms with Gasteiger partial charge in [-0.3, -0.25) is 9.69 Å². The zero-order valence-corrected chi connectivity index (χ0v) is 16.1. The van der Waals surface area contributed by atoms with E-state index in [1.807, 2.05) is 30.0 Å². The molecule has 3 heterocycles. The fourth-order valence-electron chi connectivity index (χ4n) is 4.15. The summed E-state index contributed by atoms with van der Waals surface area (Å²) in [6.07, 6.45) is 3.88. The van der Waals surface area contributed by atoms with Gasteiger partial charge in [-0.1, -0.05) is 6.07 Å². The van der Waals surface area contributed by atoms with E-state index >= 15 is 0 Å². The maximum atomic E-state index is 12.7. The minimum atomic E-state index is -0.0538. The Morgan fingerprint density at radius 3 is 2.52 bits per heavy atom. The first kappa shape index (κ1) is 18.0. The van der Waals surface area contributed by atoms with Gasteiger partial charge in [-0.25, -0.2) is 9.97 Å². The molecule has 1 atom stereocenters. The van der Waals surface area contributed by atoms with E-state index in [-0.39, 0.29) is 11.9 Å². The Morgan fingerprint density at radius 2 is 1.81 bits per heavy atom. The summed E-state index contributed by atoms with van der Waals surface area (Å²) in [5, 5.41) is 0.956. The Morgan fingerprint density at radius 1 is 1.07 bits per heavy atom. The molecule has 1 amide bonds. The van der Waals surface area contributed by atoms with Gasteiger partial charge in [-0.15, -0.1) is 0 Å². The molecule has 0 aliphatic carbocycles. The smallest absolute Gasteiger partial charge is 0.239 e. The molecule has 1 unspecified atom stereocenters. The molecule has 2 saturated heterocycles. The lowest BCUT2D eigenvalue weighted by molar-refractivity contribution is -0.135. The van der Waals surface area contributed by atoms with Gasteiger partial charge >= 0.3 is 0 Å². The molecule has 1 aromatic heterocycles. The number of hydrogen-bond donors (Lipinski definition) is 0. The SMILES string of the molecule is COc1cccc2ncnc(N3CCN(C(C)C(=O)N4CCCC4)CC3)c12. The third-order valence-electron chi connectivity index (χ3n) is 5.76. The minimum absolute atomic E-state index is 0.0538. The number of rotatable bonds is 4. The van der Waals surface area contributed by atoms with Gasteiger partial charge in [0, 0.05) is 39.3 Å². The topological polar surface area (TPSA) is 61.8 Å². The number of piperazine rings is 1. The molecule has 0 bridgehead atoms. The first-order chi connectivity index (χ1) is 13.2. The highest BCUT2D eigenvalue weighted by Gasteiger charge is 2.30. The van der Waals surface area contributed by atoms with Gasteiger partial charge in [0.15, 0.2) is 0 Å². The fraction of sp³-hybridized carbons (Fsp3) is 0.550. The van der Waals surface area contributed by atoms with E-state index in [0.717, 1.165) is 74.6 Å². The van der Waals surface area contributed by atoms with Crippen LogP contribution in [0.15, 0.2) is 24.5 Å². The quantitative estimate of drug-likeness (QED) is 0.819. The second-order valence-corrected chi connectivity index (χ2v) is 7.28. The predicted octanol–water partition coefficient (Wildman–Crippen LogP) is 1.77. The zero-order valence-electron chi connectivity index (χ0n) is 16.1. The normalized spacial score (nSPS) is 19.5. The Labute approximate surface area is 159 Å². The van der Waals surface area contributed by atoms with Crippen molar-refractivity contribution in [2.45, 2.75) is 25.8 Å². The van der Waals surface area contributed by atoms with E-state index in [4.69, 9.17) is 4.74 Å². The first-order valence-electron chi connectivity index (χ1n) is 9.74. The van der Waals surface area contributed by atoms with Crippen LogP contribution in [0, 0.1) is 0 Å². The van der Waals surface area contributed by atoms with Crippen LogP contribution in [0.1, 0.15) is 19.8 Å². The number of carbonyl (C=O) groups is 1. The monoisotopic (exact) mass is 369 g/mol. The number of nitrogens with zero attached hydrogens (tertiary/aromatic N) is 5. The molecule has 2 aliphatic rings. The van der Waals surface area contributed by atoms with Gasteiger partial charge in [0.1, 0.15) is 17.9 Å². The molecular formula is C20H27N5O2. The molecule has 0 spiro atoms. The lowest BCUT2D eigenvalue weighted by atomic mass is 10.1. The Hall–Kier alpha value is -2.41. The molecule has 0 radical (unpaired) electrons. The summed E-state index contributed by atoms with van der Waals surface area (Å²) < 4.78 is 5.54. The highest BCUT2D eigenvalue weighted by molar-refractivity contribution is 5.94. The largest absolute Gasteiger partial charge is 0.496 e. The van der Waals surface area contributed by atoms with E-state index < -0.39 is 0 Å². The van der Waals surface area contributed by atoms with Gasteiger partial charge in [0.05, 0.1) is 24.1 Å². The van der Waals surface area contributed by atoms with Crippen molar-refractivity contribution in [1.82, 2.24) is 19.8 Å². The van der Waals surface area contributed by atoms with Gasteiger partial charge in [-0.2, -0.15) is 0 Å². The lowest BCUT2D eigenvalue weighted by Gasteiger charge is -2.39. The van der Waals surface area contributed by atoms with E-state index in [0.29, 0.717) is 0 Å². The molecule has 7 heteroatoms. The molecule has 144 valence electrons. The Bertz CT molecular complexity index is 808. The van der Waals surface area contributed by atoms with Crippen molar-refractivity contribution in [1.29, 1.82) is 0 Å². The lowest BCUT2D eigenvalue weighted by Crippen LogP contribution is -2.54. The van der Waals surface area contributed by atoms with Crippen LogP contribution in [0.2, 0.25) is 0 Å².